The summed E-state index contributed by atoms with van der Waals surface area (Å²) >= 11 is 5.92. The number of ketones is 1. The van der Waals surface area contributed by atoms with Crippen LogP contribution in [-0.2, 0) is 44.2 Å². The number of rotatable bonds is 13. The van der Waals surface area contributed by atoms with Gasteiger partial charge in [0.2, 0.25) is 0 Å². The summed E-state index contributed by atoms with van der Waals surface area (Å²) < 4.78 is 25.1. The van der Waals surface area contributed by atoms with E-state index in [1.807, 2.05) is 57.9 Å². The number of carbonyl (C=O) groups is 4. The third kappa shape index (κ3) is 15.7. The maximum Gasteiger partial charge on any atom is 2.00 e. The Morgan fingerprint density at radius 1 is 0.681 bits per heavy atom. The van der Waals surface area contributed by atoms with Crippen LogP contribution >= 0.6 is 11.6 Å². The predicted molar refractivity (Wildman–Crippen MR) is 267 cm³/mol. The Morgan fingerprint density at radius 3 is 1.36 bits per heavy atom. The Morgan fingerprint density at radius 2 is 1.04 bits per heavy atom. The van der Waals surface area contributed by atoms with Crippen molar-refractivity contribution in [2.75, 3.05) is 27.9 Å². The second-order valence-electron chi connectivity index (χ2n) is 17.2. The molecule has 0 spiro atoms. The minimum Gasteiger partial charge on any atom is -1.00 e. The number of halogens is 2. The van der Waals surface area contributed by atoms with E-state index >= 15 is 0 Å². The van der Waals surface area contributed by atoms with Crippen molar-refractivity contribution in [3.8, 4) is 0 Å². The molecule has 3 aliphatic rings. The van der Waals surface area contributed by atoms with E-state index < -0.39 is 5.60 Å². The fraction of sp³-hybridized carbons (Fsp3) is 0.451. The summed E-state index contributed by atoms with van der Waals surface area (Å²) in [7, 11) is 4.15. The number of ether oxygens (including phenoxy) is 4. The van der Waals surface area contributed by atoms with Gasteiger partial charge in [-0.3, -0.25) is 4.79 Å². The Bertz CT molecular complexity index is 2730. The average molecular weight is 1000 g/mol. The van der Waals surface area contributed by atoms with Gasteiger partial charge in [-0.15, -0.1) is 0 Å². The zero-order valence-electron chi connectivity index (χ0n) is 40.6. The van der Waals surface area contributed by atoms with Crippen LogP contribution in [0.1, 0.15) is 128 Å². The van der Waals surface area contributed by atoms with E-state index in [4.69, 9.17) is 30.5 Å². The van der Waals surface area contributed by atoms with Crippen LogP contribution in [0.5, 0.6) is 0 Å². The zero-order valence-corrected chi connectivity index (χ0v) is 43.5. The van der Waals surface area contributed by atoms with Gasteiger partial charge in [0.1, 0.15) is 50.5 Å². The molecule has 69 heavy (non-hydrogen) atoms. The van der Waals surface area contributed by atoms with Gasteiger partial charge in [-0.2, -0.15) is 0 Å². The molecular formula is C51H66Cl2MgN6O9. The summed E-state index contributed by atoms with van der Waals surface area (Å²) in [6, 6.07) is 16.2. The second kappa shape index (κ2) is 26.3. The molecule has 0 unspecified atom stereocenters. The van der Waals surface area contributed by atoms with Gasteiger partial charge in [0.25, 0.3) is 0 Å². The molecule has 9 rings (SSSR count). The van der Waals surface area contributed by atoms with Crippen molar-refractivity contribution in [1.82, 2.24) is 28.7 Å². The monoisotopic (exact) mass is 1000 g/mol. The first-order chi connectivity index (χ1) is 30.9. The van der Waals surface area contributed by atoms with E-state index in [2.05, 4.69) is 21.5 Å². The van der Waals surface area contributed by atoms with Gasteiger partial charge >= 0.3 is 41.0 Å². The molecular weight excluding hydrogens is 936 g/mol. The van der Waals surface area contributed by atoms with Gasteiger partial charge in [0, 0.05) is 42.7 Å². The predicted octanol–water partition coefficient (Wildman–Crippen LogP) is 7.05. The number of pyridine rings is 3. The molecule has 3 fully saturated rings. The molecule has 0 aromatic carbocycles. The number of allylic oxidation sites excluding steroid dienone is 1. The van der Waals surface area contributed by atoms with Gasteiger partial charge in [0.05, 0.1) is 39.4 Å². The normalized spacial score (nSPS) is 13.5. The van der Waals surface area contributed by atoms with Gasteiger partial charge in [0.15, 0.2) is 5.78 Å². The molecule has 15 nitrogen and oxygen atoms in total. The molecule has 3 saturated carbocycles. The molecule has 0 amide bonds. The zero-order chi connectivity index (χ0) is 47.2. The molecule has 1 N–H and O–H groups in total. The maximum atomic E-state index is 12.0. The quantitative estimate of drug-likeness (QED) is 0.0238. The molecule has 0 saturated heterocycles. The second-order valence-corrected chi connectivity index (χ2v) is 17.6. The number of nitrogens with zero attached hydrogens (tertiary/aromatic N) is 6. The largest absolute Gasteiger partial charge is 2.00 e. The van der Waals surface area contributed by atoms with Gasteiger partial charge in [-0.05, 0) is 139 Å². The number of hydrogen-bond acceptors (Lipinski definition) is 12. The van der Waals surface area contributed by atoms with Crippen LogP contribution < -0.4 is 12.4 Å². The number of fused-ring (bicyclic) bond motifs is 3. The Balaban J connectivity index is 0.000000327. The fourth-order valence-corrected chi connectivity index (χ4v) is 7.34. The number of esters is 3. The molecule has 18 heteroatoms. The maximum absolute atomic E-state index is 12.0. The summed E-state index contributed by atoms with van der Waals surface area (Å²) in [6.45, 7) is 15.3. The number of carbonyl (C=O) groups excluding carboxylic acids is 4. The van der Waals surface area contributed by atoms with Crippen molar-refractivity contribution in [2.24, 2.45) is 17.8 Å². The molecule has 0 bridgehead atoms. The van der Waals surface area contributed by atoms with Gasteiger partial charge in [-0.1, -0.05) is 25.6 Å². The summed E-state index contributed by atoms with van der Waals surface area (Å²) in [5.74, 6) is 1.51. The molecule has 6 aromatic heterocycles. The molecule has 0 aliphatic heterocycles. The molecule has 370 valence electrons. The number of hydrogen-bond donors (Lipinski definition) is 1. The van der Waals surface area contributed by atoms with Crippen LogP contribution in [0.15, 0.2) is 66.9 Å². The van der Waals surface area contributed by atoms with E-state index in [0.717, 1.165) is 59.5 Å². The summed E-state index contributed by atoms with van der Waals surface area (Å²) in [5.41, 5.74) is 3.78. The summed E-state index contributed by atoms with van der Waals surface area (Å²) in [4.78, 5) is 60.4. The fourth-order valence-electron chi connectivity index (χ4n) is 7.19. The van der Waals surface area contributed by atoms with Crippen LogP contribution in [0.2, 0.25) is 5.15 Å². The average Bonchev–Trinajstić information content (AvgIpc) is 4.22. The van der Waals surface area contributed by atoms with Crippen molar-refractivity contribution in [3.05, 3.63) is 108 Å². The van der Waals surface area contributed by atoms with E-state index in [-0.39, 0.29) is 74.0 Å². The SMILES string of the molecule is C.C=C(C)OCC.COC(=O)c1cc2ccc(C(C)(C)O)nc2n1CC1CC1.COC(=O)c1cc2ccc(C(C)=O)nc2n1CC1CC1.COC(=O)c1cc2ccc(Cl)nc2n1CC1CC1.[CH3-].[Cl-].[Mg+2]. The van der Waals surface area contributed by atoms with Crippen LogP contribution in [0.4, 0.5) is 0 Å². The van der Waals surface area contributed by atoms with Crippen molar-refractivity contribution in [2.45, 2.75) is 106 Å². The molecule has 0 atom stereocenters. The standard InChI is InChI=1S/C16H20N2O3.C15H16N2O3.C13H13ClN2O2.C5H10O.CH4.CH3.ClH.Mg/c1-16(2,20)13-7-6-11-8-12(15(19)21-3)18(14(11)17-13)9-10-4-5-10;1-9(18)12-6-5-11-7-13(15(19)20-2)17(14(11)16-12)8-10-3-4-10;1-18-13(17)10-6-9-4-5-11(14)15-12(9)16(10)7-8-2-3-8;1-4-6-5(2)3;;;;/h6-8,10,20H,4-5,9H2,1-3H3;5-7,10H,3-4,8H2,1-2H3;4-6,8H,2-3,7H2,1H3;2,4H2,1,3H3;1H4;1H3;1H;/q;;;;;-1;;+2/p-1. The minimum absolute atomic E-state index is 0. The van der Waals surface area contributed by atoms with Crippen molar-refractivity contribution >= 4 is 91.4 Å². The van der Waals surface area contributed by atoms with E-state index in [1.54, 1.807) is 38.1 Å². The smallest absolute Gasteiger partial charge is 1.00 e. The number of methoxy groups -OCH3 is 3. The Hall–Kier alpha value is -5.00. The van der Waals surface area contributed by atoms with Crippen molar-refractivity contribution < 1.29 is 55.6 Å². The third-order valence-corrected chi connectivity index (χ3v) is 11.4. The topological polar surface area (TPSA) is 179 Å². The number of Topliss-reactive ketones (excluding diaryl/α,β-unsaturated/α-hetero) is 1. The van der Waals surface area contributed by atoms with E-state index in [1.165, 1.54) is 66.8 Å². The Kier molecular flexibility index (Phi) is 22.9. The van der Waals surface area contributed by atoms with Crippen LogP contribution in [0.25, 0.3) is 33.1 Å². The molecule has 6 heterocycles. The van der Waals surface area contributed by atoms with Crippen molar-refractivity contribution in [3.63, 3.8) is 0 Å². The molecule has 0 radical (unpaired) electrons. The van der Waals surface area contributed by atoms with Crippen LogP contribution in [-0.4, -0.2) is 108 Å². The summed E-state index contributed by atoms with van der Waals surface area (Å²) in [5, 5.41) is 13.2. The van der Waals surface area contributed by atoms with Gasteiger partial charge in [-0.25, -0.2) is 29.3 Å². The van der Waals surface area contributed by atoms with Crippen LogP contribution in [0.3, 0.4) is 0 Å². The third-order valence-electron chi connectivity index (χ3n) is 11.2. The number of aliphatic hydroxyl groups is 1. The van der Waals surface area contributed by atoms with Gasteiger partial charge < -0.3 is 57.6 Å². The van der Waals surface area contributed by atoms with E-state index in [9.17, 15) is 24.3 Å². The Labute approximate surface area is 432 Å². The number of aromatic nitrogens is 6. The molecule has 6 aromatic rings. The first-order valence-electron chi connectivity index (χ1n) is 21.9. The summed E-state index contributed by atoms with van der Waals surface area (Å²) in [6.07, 6.45) is 7.14. The van der Waals surface area contributed by atoms with E-state index in [0.29, 0.717) is 57.0 Å². The first kappa shape index (κ1) is 60.1. The van der Waals surface area contributed by atoms with Crippen LogP contribution in [0, 0.1) is 25.2 Å². The molecule has 3 aliphatic carbocycles. The van der Waals surface area contributed by atoms with Crippen molar-refractivity contribution in [1.29, 1.82) is 0 Å². The first-order valence-corrected chi connectivity index (χ1v) is 22.3. The minimum atomic E-state index is -1.01.